The summed E-state index contributed by atoms with van der Waals surface area (Å²) in [5.74, 6) is 0.959. The van der Waals surface area contributed by atoms with Crippen molar-refractivity contribution in [2.75, 3.05) is 7.11 Å². The number of imidazole rings is 1. The maximum Gasteiger partial charge on any atom is 0.197 e. The minimum absolute atomic E-state index is 0.282. The number of fused-ring (bicyclic) bond motifs is 1. The standard InChI is InChI=1S/C19H18N4O2S/c1-13-16(20-11-17(25-2)18(13)23-9-5-6-10-23)12-26(24)19-21-14-7-3-4-8-15(14)22-19/h3-11H,12H2,1-2H3,(H,21,22). The molecule has 1 unspecified atom stereocenters. The average molecular weight is 366 g/mol. The Balaban J connectivity index is 1.70. The van der Waals surface area contributed by atoms with E-state index in [-0.39, 0.29) is 5.75 Å². The number of methoxy groups -OCH3 is 1. The van der Waals surface area contributed by atoms with Gasteiger partial charge in [0.15, 0.2) is 10.9 Å². The smallest absolute Gasteiger partial charge is 0.197 e. The second kappa shape index (κ2) is 6.76. The molecule has 0 fully saturated rings. The van der Waals surface area contributed by atoms with Crippen molar-refractivity contribution in [3.63, 3.8) is 0 Å². The van der Waals surface area contributed by atoms with E-state index in [9.17, 15) is 4.21 Å². The van der Waals surface area contributed by atoms with Crippen LogP contribution in [0.3, 0.4) is 0 Å². The molecular weight excluding hydrogens is 348 g/mol. The summed E-state index contributed by atoms with van der Waals surface area (Å²) in [5.41, 5.74) is 4.29. The molecule has 1 aromatic carbocycles. The second-order valence-electron chi connectivity index (χ2n) is 5.89. The van der Waals surface area contributed by atoms with Gasteiger partial charge in [-0.25, -0.2) is 4.98 Å². The van der Waals surface area contributed by atoms with E-state index in [2.05, 4.69) is 15.0 Å². The van der Waals surface area contributed by atoms with Crippen molar-refractivity contribution in [2.45, 2.75) is 17.8 Å². The minimum Gasteiger partial charge on any atom is -0.493 e. The maximum atomic E-state index is 12.8. The molecule has 4 aromatic rings. The lowest BCUT2D eigenvalue weighted by molar-refractivity contribution is 0.410. The van der Waals surface area contributed by atoms with Crippen molar-refractivity contribution < 1.29 is 8.95 Å². The zero-order valence-electron chi connectivity index (χ0n) is 14.5. The molecule has 0 aliphatic heterocycles. The lowest BCUT2D eigenvalue weighted by Crippen LogP contribution is -2.07. The van der Waals surface area contributed by atoms with Gasteiger partial charge in [-0.05, 0) is 36.8 Å². The molecule has 0 bridgehead atoms. The molecule has 0 aliphatic carbocycles. The Hall–Kier alpha value is -2.93. The van der Waals surface area contributed by atoms with E-state index in [1.807, 2.05) is 60.3 Å². The number of hydrogen-bond donors (Lipinski definition) is 1. The van der Waals surface area contributed by atoms with Crippen LogP contribution in [0.4, 0.5) is 0 Å². The summed E-state index contributed by atoms with van der Waals surface area (Å²) in [6.07, 6.45) is 5.57. The number of rotatable bonds is 5. The quantitative estimate of drug-likeness (QED) is 0.588. The van der Waals surface area contributed by atoms with Crippen LogP contribution in [0.2, 0.25) is 0 Å². The Morgan fingerprint density at radius 2 is 1.96 bits per heavy atom. The van der Waals surface area contributed by atoms with E-state index < -0.39 is 10.8 Å². The predicted octanol–water partition coefficient (Wildman–Crippen LogP) is 3.37. The average Bonchev–Trinajstić information content (AvgIpc) is 3.32. The molecule has 4 rings (SSSR count). The number of aromatic nitrogens is 4. The molecule has 7 heteroatoms. The number of H-pyrrole nitrogens is 1. The van der Waals surface area contributed by atoms with E-state index in [0.29, 0.717) is 10.9 Å². The molecule has 0 aliphatic rings. The van der Waals surface area contributed by atoms with Crippen LogP contribution in [0, 0.1) is 6.92 Å². The topological polar surface area (TPSA) is 72.8 Å². The van der Waals surface area contributed by atoms with Gasteiger partial charge in [0, 0.05) is 12.4 Å². The number of hydrogen-bond acceptors (Lipinski definition) is 4. The van der Waals surface area contributed by atoms with E-state index in [1.165, 1.54) is 0 Å². The molecule has 1 atom stereocenters. The first-order valence-electron chi connectivity index (χ1n) is 8.16. The van der Waals surface area contributed by atoms with Gasteiger partial charge < -0.3 is 14.3 Å². The summed E-state index contributed by atoms with van der Waals surface area (Å²) in [7, 11) is 0.301. The van der Waals surface area contributed by atoms with Crippen LogP contribution in [0.5, 0.6) is 5.75 Å². The fraction of sp³-hybridized carbons (Fsp3) is 0.158. The summed E-state index contributed by atoms with van der Waals surface area (Å²) in [4.78, 5) is 12.0. The van der Waals surface area contributed by atoms with E-state index in [1.54, 1.807) is 13.3 Å². The van der Waals surface area contributed by atoms with Gasteiger partial charge in [0.2, 0.25) is 0 Å². The van der Waals surface area contributed by atoms with E-state index in [4.69, 9.17) is 4.74 Å². The Morgan fingerprint density at radius 1 is 1.19 bits per heavy atom. The summed E-state index contributed by atoms with van der Waals surface area (Å²) in [5, 5.41) is 0.464. The third-order valence-corrected chi connectivity index (χ3v) is 5.45. The normalized spacial score (nSPS) is 12.4. The molecule has 3 heterocycles. The van der Waals surface area contributed by atoms with Crippen LogP contribution in [-0.4, -0.2) is 30.8 Å². The molecule has 0 spiro atoms. The number of ether oxygens (including phenoxy) is 1. The van der Waals surface area contributed by atoms with Crippen molar-refractivity contribution in [1.82, 2.24) is 19.5 Å². The monoisotopic (exact) mass is 366 g/mol. The zero-order chi connectivity index (χ0) is 18.1. The second-order valence-corrected chi connectivity index (χ2v) is 7.25. The molecular formula is C19H18N4O2S. The van der Waals surface area contributed by atoms with Crippen LogP contribution < -0.4 is 4.74 Å². The maximum absolute atomic E-state index is 12.8. The van der Waals surface area contributed by atoms with Gasteiger partial charge in [0.1, 0.15) is 0 Å². The van der Waals surface area contributed by atoms with Crippen molar-refractivity contribution >= 4 is 21.8 Å². The summed E-state index contributed by atoms with van der Waals surface area (Å²) < 4.78 is 20.3. The lowest BCUT2D eigenvalue weighted by atomic mass is 10.2. The molecule has 1 N–H and O–H groups in total. The highest BCUT2D eigenvalue weighted by Crippen LogP contribution is 2.28. The fourth-order valence-electron chi connectivity index (χ4n) is 2.95. The zero-order valence-corrected chi connectivity index (χ0v) is 15.3. The highest BCUT2D eigenvalue weighted by atomic mass is 32.2. The molecule has 0 amide bonds. The molecule has 6 nitrogen and oxygen atoms in total. The number of nitrogens with zero attached hydrogens (tertiary/aromatic N) is 3. The molecule has 3 aromatic heterocycles. The van der Waals surface area contributed by atoms with E-state index >= 15 is 0 Å². The number of benzene rings is 1. The molecule has 26 heavy (non-hydrogen) atoms. The third-order valence-electron chi connectivity index (χ3n) is 4.29. The van der Waals surface area contributed by atoms with E-state index in [0.717, 1.165) is 28.0 Å². The van der Waals surface area contributed by atoms with Gasteiger partial charge >= 0.3 is 0 Å². The summed E-state index contributed by atoms with van der Waals surface area (Å²) in [6, 6.07) is 11.6. The van der Waals surface area contributed by atoms with Gasteiger partial charge in [0.25, 0.3) is 0 Å². The van der Waals surface area contributed by atoms with Crippen LogP contribution in [0.25, 0.3) is 16.7 Å². The SMILES string of the molecule is COc1cnc(CS(=O)c2nc3ccccc3[nH]2)c(C)c1-n1cccc1. The third kappa shape index (κ3) is 2.90. The molecule has 0 saturated carbocycles. The first kappa shape index (κ1) is 16.5. The Morgan fingerprint density at radius 3 is 2.69 bits per heavy atom. The lowest BCUT2D eigenvalue weighted by Gasteiger charge is -2.15. The highest BCUT2D eigenvalue weighted by Gasteiger charge is 2.17. The van der Waals surface area contributed by atoms with Gasteiger partial charge in [-0.15, -0.1) is 0 Å². The summed E-state index contributed by atoms with van der Waals surface area (Å²) in [6.45, 7) is 1.97. The van der Waals surface area contributed by atoms with Crippen LogP contribution in [-0.2, 0) is 16.6 Å². The first-order chi connectivity index (χ1) is 12.7. The Kier molecular flexibility index (Phi) is 4.30. The number of pyridine rings is 1. The summed E-state index contributed by atoms with van der Waals surface area (Å²) >= 11 is 0. The van der Waals surface area contributed by atoms with Gasteiger partial charge in [-0.3, -0.25) is 9.19 Å². The predicted molar refractivity (Wildman–Crippen MR) is 101 cm³/mol. The van der Waals surface area contributed by atoms with Crippen molar-refractivity contribution in [2.24, 2.45) is 0 Å². The Labute approximate surface area is 153 Å². The molecule has 132 valence electrons. The van der Waals surface area contributed by atoms with Crippen LogP contribution in [0.15, 0.2) is 60.1 Å². The minimum atomic E-state index is -1.32. The van der Waals surface area contributed by atoms with Crippen molar-refractivity contribution in [3.05, 3.63) is 66.2 Å². The van der Waals surface area contributed by atoms with Gasteiger partial charge in [-0.1, -0.05) is 12.1 Å². The number of aromatic amines is 1. The highest BCUT2D eigenvalue weighted by molar-refractivity contribution is 7.84. The fourth-order valence-corrected chi connectivity index (χ4v) is 4.05. The molecule has 0 saturated heterocycles. The largest absolute Gasteiger partial charge is 0.493 e. The van der Waals surface area contributed by atoms with Crippen LogP contribution >= 0.6 is 0 Å². The molecule has 0 radical (unpaired) electrons. The Bertz CT molecular complexity index is 1050. The van der Waals surface area contributed by atoms with Gasteiger partial charge in [0.05, 0.1) is 52.3 Å². The van der Waals surface area contributed by atoms with Crippen molar-refractivity contribution in [1.29, 1.82) is 0 Å². The van der Waals surface area contributed by atoms with Crippen molar-refractivity contribution in [3.8, 4) is 11.4 Å². The number of para-hydroxylation sites is 2. The van der Waals surface area contributed by atoms with Gasteiger partial charge in [-0.2, -0.15) is 0 Å². The number of nitrogens with one attached hydrogen (secondary N) is 1. The van der Waals surface area contributed by atoms with Crippen LogP contribution in [0.1, 0.15) is 11.3 Å². The first-order valence-corrected chi connectivity index (χ1v) is 9.48.